The van der Waals surface area contributed by atoms with Crippen LogP contribution in [0.2, 0.25) is 0 Å². The fourth-order valence-corrected chi connectivity index (χ4v) is 3.64. The summed E-state index contributed by atoms with van der Waals surface area (Å²) in [5.41, 5.74) is 6.37. The summed E-state index contributed by atoms with van der Waals surface area (Å²) in [6, 6.07) is 8.00. The van der Waals surface area contributed by atoms with E-state index in [1.165, 1.54) is 12.1 Å². The quantitative estimate of drug-likeness (QED) is 0.517. The molecule has 1 saturated heterocycles. The van der Waals surface area contributed by atoms with Crippen molar-refractivity contribution in [2.75, 3.05) is 28.6 Å². The highest BCUT2D eigenvalue weighted by atomic mass is 19.1. The van der Waals surface area contributed by atoms with Gasteiger partial charge in [-0.25, -0.2) is 9.37 Å². The SMILES string of the molecule is CC(Nc1nc(Nc2cnccn2)cc(N2CCC(C(N)=O)CC2)n1)c1ccc(F)cc1. The molecule has 0 aliphatic carbocycles. The molecule has 4 N–H and O–H groups in total. The normalized spacial score (nSPS) is 15.2. The van der Waals surface area contributed by atoms with Crippen LogP contribution in [0.25, 0.3) is 0 Å². The van der Waals surface area contributed by atoms with Gasteiger partial charge in [-0.2, -0.15) is 9.97 Å². The Morgan fingerprint density at radius 1 is 1.16 bits per heavy atom. The summed E-state index contributed by atoms with van der Waals surface area (Å²) in [6.45, 7) is 3.29. The predicted molar refractivity (Wildman–Crippen MR) is 120 cm³/mol. The molecule has 0 radical (unpaired) electrons. The van der Waals surface area contributed by atoms with E-state index in [1.807, 2.05) is 13.0 Å². The van der Waals surface area contributed by atoms with E-state index < -0.39 is 0 Å². The molecule has 4 rings (SSSR count). The highest BCUT2D eigenvalue weighted by Crippen LogP contribution is 2.27. The number of amides is 1. The Kier molecular flexibility index (Phi) is 6.39. The summed E-state index contributed by atoms with van der Waals surface area (Å²) in [5, 5.41) is 6.45. The summed E-state index contributed by atoms with van der Waals surface area (Å²) in [6.07, 6.45) is 6.15. The number of hydrogen-bond acceptors (Lipinski definition) is 8. The molecule has 32 heavy (non-hydrogen) atoms. The zero-order valence-corrected chi connectivity index (χ0v) is 17.7. The lowest BCUT2D eigenvalue weighted by atomic mass is 9.96. The highest BCUT2D eigenvalue weighted by Gasteiger charge is 2.24. The van der Waals surface area contributed by atoms with Crippen LogP contribution in [0.5, 0.6) is 0 Å². The summed E-state index contributed by atoms with van der Waals surface area (Å²) in [7, 11) is 0. The molecule has 1 aliphatic heterocycles. The Bertz CT molecular complexity index is 1060. The van der Waals surface area contributed by atoms with E-state index in [9.17, 15) is 9.18 Å². The van der Waals surface area contributed by atoms with Crippen molar-refractivity contribution >= 4 is 29.3 Å². The second kappa shape index (κ2) is 9.54. The topological polar surface area (TPSA) is 122 Å². The zero-order valence-electron chi connectivity index (χ0n) is 17.7. The molecule has 0 spiro atoms. The fraction of sp³-hybridized carbons (Fsp3) is 0.318. The number of aromatic nitrogens is 4. The molecule has 0 saturated carbocycles. The first-order chi connectivity index (χ1) is 15.5. The molecule has 3 aromatic rings. The third-order valence-corrected chi connectivity index (χ3v) is 5.47. The summed E-state index contributed by atoms with van der Waals surface area (Å²) >= 11 is 0. The average molecular weight is 436 g/mol. The number of rotatable bonds is 7. The molecule has 2 aromatic heterocycles. The molecule has 0 bridgehead atoms. The second-order valence-electron chi connectivity index (χ2n) is 7.73. The lowest BCUT2D eigenvalue weighted by Gasteiger charge is -2.31. The van der Waals surface area contributed by atoms with Gasteiger partial charge in [-0.15, -0.1) is 0 Å². The number of primary amides is 1. The standard InChI is InChI=1S/C22H25FN8O/c1-14(15-2-4-17(23)5-3-15)27-22-29-18(28-19-13-25-8-9-26-19)12-20(30-22)31-10-6-16(7-11-31)21(24)32/h2-5,8-9,12-14,16H,6-7,10-11H2,1H3,(H2,24,32)(H2,26,27,28,29,30). The molecule has 1 aromatic carbocycles. The largest absolute Gasteiger partial charge is 0.369 e. The first-order valence-electron chi connectivity index (χ1n) is 10.5. The second-order valence-corrected chi connectivity index (χ2v) is 7.73. The summed E-state index contributed by atoms with van der Waals surface area (Å²) in [4.78, 5) is 31.2. The van der Waals surface area contributed by atoms with Gasteiger partial charge >= 0.3 is 0 Å². The van der Waals surface area contributed by atoms with Gasteiger partial charge in [0.1, 0.15) is 23.3 Å². The number of carbonyl (C=O) groups is 1. The van der Waals surface area contributed by atoms with Crippen LogP contribution in [0.15, 0.2) is 48.9 Å². The third-order valence-electron chi connectivity index (χ3n) is 5.47. The van der Waals surface area contributed by atoms with E-state index in [-0.39, 0.29) is 23.7 Å². The van der Waals surface area contributed by atoms with Gasteiger partial charge in [0.05, 0.1) is 12.2 Å². The molecule has 1 aliphatic rings. The van der Waals surface area contributed by atoms with Crippen molar-refractivity contribution in [3.05, 3.63) is 60.3 Å². The Balaban J connectivity index is 1.58. The summed E-state index contributed by atoms with van der Waals surface area (Å²) in [5.74, 6) is 1.61. The summed E-state index contributed by atoms with van der Waals surface area (Å²) < 4.78 is 13.3. The van der Waals surface area contributed by atoms with Gasteiger partial charge in [-0.05, 0) is 37.5 Å². The maximum Gasteiger partial charge on any atom is 0.227 e. The van der Waals surface area contributed by atoms with Crippen molar-refractivity contribution in [3.63, 3.8) is 0 Å². The van der Waals surface area contributed by atoms with Crippen molar-refractivity contribution < 1.29 is 9.18 Å². The van der Waals surface area contributed by atoms with E-state index in [0.717, 1.165) is 11.4 Å². The van der Waals surface area contributed by atoms with Crippen LogP contribution in [0.4, 0.5) is 27.8 Å². The van der Waals surface area contributed by atoms with Crippen molar-refractivity contribution in [1.82, 2.24) is 19.9 Å². The van der Waals surface area contributed by atoms with Crippen LogP contribution in [-0.4, -0.2) is 38.9 Å². The number of benzene rings is 1. The zero-order chi connectivity index (χ0) is 22.5. The lowest BCUT2D eigenvalue weighted by Crippen LogP contribution is -2.39. The van der Waals surface area contributed by atoms with Crippen LogP contribution < -0.4 is 21.3 Å². The van der Waals surface area contributed by atoms with Crippen LogP contribution in [0.1, 0.15) is 31.4 Å². The van der Waals surface area contributed by atoms with Gasteiger partial charge in [0, 0.05) is 37.5 Å². The van der Waals surface area contributed by atoms with Gasteiger partial charge in [0.2, 0.25) is 11.9 Å². The minimum Gasteiger partial charge on any atom is -0.369 e. The first kappa shape index (κ1) is 21.4. The van der Waals surface area contributed by atoms with Gasteiger partial charge in [-0.1, -0.05) is 12.1 Å². The Morgan fingerprint density at radius 2 is 1.91 bits per heavy atom. The van der Waals surface area contributed by atoms with Crippen molar-refractivity contribution in [3.8, 4) is 0 Å². The number of piperidine rings is 1. The molecule has 166 valence electrons. The van der Waals surface area contributed by atoms with Gasteiger partial charge in [0.25, 0.3) is 0 Å². The monoisotopic (exact) mass is 436 g/mol. The van der Waals surface area contributed by atoms with Crippen molar-refractivity contribution in [2.45, 2.75) is 25.8 Å². The Labute approximate surface area is 185 Å². The number of halogens is 1. The number of nitrogens with zero attached hydrogens (tertiary/aromatic N) is 5. The van der Waals surface area contributed by atoms with Crippen LogP contribution in [0.3, 0.4) is 0 Å². The third kappa shape index (κ3) is 5.26. The maximum absolute atomic E-state index is 13.3. The van der Waals surface area contributed by atoms with Crippen LogP contribution in [0, 0.1) is 11.7 Å². The minimum atomic E-state index is -0.283. The number of hydrogen-bond donors (Lipinski definition) is 3. The van der Waals surface area contributed by atoms with E-state index in [4.69, 9.17) is 5.73 Å². The molecular formula is C22H25FN8O. The molecule has 1 unspecified atom stereocenters. The van der Waals surface area contributed by atoms with Gasteiger partial charge < -0.3 is 21.3 Å². The molecular weight excluding hydrogens is 411 g/mol. The maximum atomic E-state index is 13.3. The van der Waals surface area contributed by atoms with Crippen molar-refractivity contribution in [1.29, 1.82) is 0 Å². The molecule has 1 fully saturated rings. The van der Waals surface area contributed by atoms with Crippen LogP contribution in [-0.2, 0) is 4.79 Å². The Morgan fingerprint density at radius 3 is 2.56 bits per heavy atom. The average Bonchev–Trinajstić information content (AvgIpc) is 2.80. The number of nitrogens with one attached hydrogen (secondary N) is 2. The molecule has 1 atom stereocenters. The predicted octanol–water partition coefficient (Wildman–Crippen LogP) is 3.02. The van der Waals surface area contributed by atoms with Gasteiger partial charge in [-0.3, -0.25) is 9.78 Å². The minimum absolute atomic E-state index is 0.110. The fourth-order valence-electron chi connectivity index (χ4n) is 3.64. The molecule has 10 heteroatoms. The molecule has 1 amide bonds. The Hall–Kier alpha value is -3.82. The number of anilines is 4. The van der Waals surface area contributed by atoms with Gasteiger partial charge in [0.15, 0.2) is 0 Å². The van der Waals surface area contributed by atoms with Crippen molar-refractivity contribution in [2.24, 2.45) is 11.7 Å². The smallest absolute Gasteiger partial charge is 0.227 e. The van der Waals surface area contributed by atoms with E-state index in [1.54, 1.807) is 30.7 Å². The van der Waals surface area contributed by atoms with E-state index >= 15 is 0 Å². The number of carbonyl (C=O) groups excluding carboxylic acids is 1. The first-order valence-corrected chi connectivity index (χ1v) is 10.5. The van der Waals surface area contributed by atoms with E-state index in [2.05, 4.69) is 35.5 Å². The molecule has 3 heterocycles. The van der Waals surface area contributed by atoms with Crippen LogP contribution >= 0.6 is 0 Å². The van der Waals surface area contributed by atoms with E-state index in [0.29, 0.717) is 43.5 Å². The number of nitrogens with two attached hydrogens (primary N) is 1. The highest BCUT2D eigenvalue weighted by molar-refractivity contribution is 5.77. The molecule has 9 nitrogen and oxygen atoms in total. The lowest BCUT2D eigenvalue weighted by molar-refractivity contribution is -0.122.